The molecule has 6 heteroatoms. The van der Waals surface area contributed by atoms with E-state index in [0.29, 0.717) is 17.3 Å². The number of carbonyl (C=O) groups excluding carboxylic acids is 1. The Kier molecular flexibility index (Phi) is 5.09. The number of amides is 1. The molecule has 1 amide bonds. The van der Waals surface area contributed by atoms with Crippen molar-refractivity contribution in [2.45, 2.75) is 32.2 Å². The van der Waals surface area contributed by atoms with Crippen LogP contribution in [0.3, 0.4) is 0 Å². The first-order chi connectivity index (χ1) is 9.61. The number of halogens is 1. The van der Waals surface area contributed by atoms with E-state index in [1.807, 2.05) is 38.1 Å². The number of nitrogens with one attached hydrogen (secondary N) is 1. The van der Waals surface area contributed by atoms with Crippen LogP contribution in [0.15, 0.2) is 24.3 Å². The van der Waals surface area contributed by atoms with Gasteiger partial charge in [-0.3, -0.25) is 4.79 Å². The molecule has 0 aliphatic heterocycles. The van der Waals surface area contributed by atoms with Crippen LogP contribution in [0.5, 0.6) is 0 Å². The van der Waals surface area contributed by atoms with Crippen LogP contribution in [0.4, 0.5) is 0 Å². The average Bonchev–Trinajstić information content (AvgIpc) is 2.95. The summed E-state index contributed by atoms with van der Waals surface area (Å²) >= 11 is 6.88. The van der Waals surface area contributed by atoms with Gasteiger partial charge in [-0.2, -0.15) is 0 Å². The average molecular weight is 310 g/mol. The lowest BCUT2D eigenvalue weighted by Gasteiger charge is -2.06. The first-order valence-corrected chi connectivity index (χ1v) is 7.67. The van der Waals surface area contributed by atoms with Crippen LogP contribution < -0.4 is 5.32 Å². The van der Waals surface area contributed by atoms with Crippen molar-refractivity contribution < 1.29 is 4.79 Å². The molecular weight excluding hydrogens is 294 g/mol. The number of aromatic nitrogens is 2. The molecule has 4 nitrogen and oxygen atoms in total. The molecule has 0 aliphatic rings. The first kappa shape index (κ1) is 14.9. The van der Waals surface area contributed by atoms with Crippen LogP contribution in [0.2, 0.25) is 0 Å². The van der Waals surface area contributed by atoms with Crippen LogP contribution in [-0.4, -0.2) is 15.5 Å². The van der Waals surface area contributed by atoms with Gasteiger partial charge in [0.1, 0.15) is 4.88 Å². The van der Waals surface area contributed by atoms with Crippen molar-refractivity contribution in [2.24, 2.45) is 0 Å². The van der Waals surface area contributed by atoms with Gasteiger partial charge in [-0.25, -0.2) is 0 Å². The third kappa shape index (κ3) is 3.55. The van der Waals surface area contributed by atoms with Crippen molar-refractivity contribution in [1.82, 2.24) is 14.9 Å². The summed E-state index contributed by atoms with van der Waals surface area (Å²) in [7, 11) is 0. The van der Waals surface area contributed by atoms with Crippen LogP contribution in [0.1, 0.15) is 46.3 Å². The van der Waals surface area contributed by atoms with Gasteiger partial charge >= 0.3 is 0 Å². The van der Waals surface area contributed by atoms with E-state index in [1.54, 1.807) is 0 Å². The molecular formula is C14H16ClN3OS. The number of rotatable bonds is 5. The van der Waals surface area contributed by atoms with E-state index >= 15 is 0 Å². The van der Waals surface area contributed by atoms with E-state index in [2.05, 4.69) is 14.9 Å². The molecule has 0 fully saturated rings. The zero-order valence-corrected chi connectivity index (χ0v) is 13.0. The van der Waals surface area contributed by atoms with Gasteiger partial charge in [0, 0.05) is 12.4 Å². The fraction of sp³-hybridized carbons (Fsp3) is 0.357. The lowest BCUT2D eigenvalue weighted by Crippen LogP contribution is -2.23. The molecule has 2 rings (SSSR count). The third-order valence-electron chi connectivity index (χ3n) is 2.90. The second kappa shape index (κ2) is 6.81. The Morgan fingerprint density at radius 3 is 2.55 bits per heavy atom. The van der Waals surface area contributed by atoms with Gasteiger partial charge in [0.05, 0.1) is 5.69 Å². The zero-order chi connectivity index (χ0) is 14.5. The number of nitrogens with zero attached hydrogens (tertiary/aromatic N) is 2. The summed E-state index contributed by atoms with van der Waals surface area (Å²) in [6.45, 7) is 4.48. The lowest BCUT2D eigenvalue weighted by atomic mass is 10.1. The number of benzene rings is 1. The predicted molar refractivity (Wildman–Crippen MR) is 81.2 cm³/mol. The number of carbonyl (C=O) groups is 1. The first-order valence-electron chi connectivity index (χ1n) is 6.36. The summed E-state index contributed by atoms with van der Waals surface area (Å²) in [6.07, 6.45) is 0. The maximum Gasteiger partial charge on any atom is 0.265 e. The molecule has 1 heterocycles. The highest BCUT2D eigenvalue weighted by Crippen LogP contribution is 2.19. The molecule has 0 bridgehead atoms. The van der Waals surface area contributed by atoms with Crippen LogP contribution >= 0.6 is 23.1 Å². The van der Waals surface area contributed by atoms with Gasteiger partial charge in [0.25, 0.3) is 5.91 Å². The molecule has 2 aromatic rings. The molecule has 0 atom stereocenters. The molecule has 0 aliphatic carbocycles. The second-order valence-corrected chi connectivity index (χ2v) is 5.80. The Morgan fingerprint density at radius 1 is 1.30 bits per heavy atom. The topological polar surface area (TPSA) is 54.9 Å². The summed E-state index contributed by atoms with van der Waals surface area (Å²) in [5.74, 6) is 0.569. The maximum atomic E-state index is 12.1. The minimum atomic E-state index is -0.120. The normalized spacial score (nSPS) is 10.8. The molecule has 1 aromatic heterocycles. The van der Waals surface area contributed by atoms with Crippen molar-refractivity contribution in [1.29, 1.82) is 0 Å². The maximum absolute atomic E-state index is 12.1. The van der Waals surface area contributed by atoms with Crippen molar-refractivity contribution >= 4 is 29.0 Å². The van der Waals surface area contributed by atoms with Crippen molar-refractivity contribution in [3.05, 3.63) is 46.0 Å². The van der Waals surface area contributed by atoms with Gasteiger partial charge in [0.2, 0.25) is 0 Å². The smallest absolute Gasteiger partial charge is 0.265 e. The Morgan fingerprint density at radius 2 is 1.95 bits per heavy atom. The molecule has 0 spiro atoms. The largest absolute Gasteiger partial charge is 0.347 e. The van der Waals surface area contributed by atoms with Crippen LogP contribution in [0, 0.1) is 0 Å². The van der Waals surface area contributed by atoms with Gasteiger partial charge in [-0.05, 0) is 28.6 Å². The van der Waals surface area contributed by atoms with Crippen molar-refractivity contribution in [3.8, 4) is 0 Å². The molecule has 106 valence electrons. The van der Waals surface area contributed by atoms with Crippen LogP contribution in [-0.2, 0) is 12.4 Å². The number of alkyl halides is 1. The fourth-order valence-corrected chi connectivity index (χ4v) is 2.66. The molecule has 1 aromatic carbocycles. The fourth-order valence-electron chi connectivity index (χ4n) is 1.74. The highest BCUT2D eigenvalue weighted by molar-refractivity contribution is 7.08. The van der Waals surface area contributed by atoms with Crippen molar-refractivity contribution in [2.75, 3.05) is 0 Å². The minimum absolute atomic E-state index is 0.120. The molecule has 0 radical (unpaired) electrons. The second-order valence-electron chi connectivity index (χ2n) is 4.77. The summed E-state index contributed by atoms with van der Waals surface area (Å²) in [5, 5.41) is 6.90. The zero-order valence-electron chi connectivity index (χ0n) is 11.4. The summed E-state index contributed by atoms with van der Waals surface area (Å²) < 4.78 is 3.86. The highest BCUT2D eigenvalue weighted by Gasteiger charge is 2.18. The number of hydrogen-bond acceptors (Lipinski definition) is 4. The molecule has 0 saturated carbocycles. The molecule has 20 heavy (non-hydrogen) atoms. The van der Waals surface area contributed by atoms with Gasteiger partial charge in [-0.15, -0.1) is 16.7 Å². The van der Waals surface area contributed by atoms with E-state index in [1.165, 1.54) is 0 Å². The predicted octanol–water partition coefficient (Wildman–Crippen LogP) is 3.33. The summed E-state index contributed by atoms with van der Waals surface area (Å²) in [5.41, 5.74) is 2.86. The third-order valence-corrected chi connectivity index (χ3v) is 3.95. The Hall–Kier alpha value is -1.46. The minimum Gasteiger partial charge on any atom is -0.347 e. The van der Waals surface area contributed by atoms with E-state index in [9.17, 15) is 4.79 Å². The summed E-state index contributed by atoms with van der Waals surface area (Å²) in [4.78, 5) is 12.7. The Balaban J connectivity index is 1.99. The summed E-state index contributed by atoms with van der Waals surface area (Å²) in [6, 6.07) is 7.85. The lowest BCUT2D eigenvalue weighted by molar-refractivity contribution is 0.0953. The van der Waals surface area contributed by atoms with Gasteiger partial charge in [-0.1, -0.05) is 42.6 Å². The Bertz CT molecular complexity index is 580. The molecule has 1 N–H and O–H groups in total. The highest BCUT2D eigenvalue weighted by atomic mass is 35.5. The van der Waals surface area contributed by atoms with Gasteiger partial charge in [0.15, 0.2) is 0 Å². The van der Waals surface area contributed by atoms with Crippen molar-refractivity contribution in [3.63, 3.8) is 0 Å². The molecule has 0 unspecified atom stereocenters. The number of hydrogen-bond donors (Lipinski definition) is 1. The van der Waals surface area contributed by atoms with E-state index in [0.717, 1.165) is 28.4 Å². The van der Waals surface area contributed by atoms with E-state index in [-0.39, 0.29) is 11.8 Å². The monoisotopic (exact) mass is 309 g/mol. The van der Waals surface area contributed by atoms with Crippen LogP contribution in [0.25, 0.3) is 0 Å². The van der Waals surface area contributed by atoms with E-state index in [4.69, 9.17) is 11.6 Å². The SMILES string of the molecule is CC(C)c1nnsc1C(=O)NCc1ccc(CCl)cc1. The van der Waals surface area contributed by atoms with E-state index < -0.39 is 0 Å². The standard InChI is InChI=1S/C14H16ClN3OS/c1-9(2)12-13(20-18-17-12)14(19)16-8-11-5-3-10(7-15)4-6-11/h3-6,9H,7-8H2,1-2H3,(H,16,19). The molecule has 0 saturated heterocycles. The quantitative estimate of drug-likeness (QED) is 0.862. The van der Waals surface area contributed by atoms with Gasteiger partial charge < -0.3 is 5.32 Å². The Labute approximate surface area is 127 Å².